The van der Waals surface area contributed by atoms with Crippen molar-refractivity contribution in [2.45, 2.75) is 0 Å². The lowest BCUT2D eigenvalue weighted by Gasteiger charge is -2.02. The van der Waals surface area contributed by atoms with Crippen molar-refractivity contribution in [1.29, 1.82) is 0 Å². The molecule has 0 fully saturated rings. The molecule has 0 spiro atoms. The lowest BCUT2D eigenvalue weighted by atomic mass is 10.3. The van der Waals surface area contributed by atoms with Crippen LogP contribution in [0.5, 0.6) is 0 Å². The highest BCUT2D eigenvalue weighted by Gasteiger charge is 2.13. The summed E-state index contributed by atoms with van der Waals surface area (Å²) in [5.74, 6) is -0.274. The highest BCUT2D eigenvalue weighted by atomic mass is 32.1. The van der Waals surface area contributed by atoms with Crippen molar-refractivity contribution in [3.8, 4) is 0 Å². The normalized spacial score (nSPS) is 10.7. The zero-order chi connectivity index (χ0) is 17.2. The van der Waals surface area contributed by atoms with E-state index in [0.29, 0.717) is 15.7 Å². The Balaban J connectivity index is 1.53. The number of fused-ring (bicyclic) bond motifs is 1. The Hall–Kier alpha value is -2.97. The van der Waals surface area contributed by atoms with Gasteiger partial charge in [0.25, 0.3) is 11.8 Å². The van der Waals surface area contributed by atoms with Crippen LogP contribution in [0.1, 0.15) is 20.2 Å². The molecule has 0 aliphatic heterocycles. The molecule has 0 atom stereocenters. The summed E-state index contributed by atoms with van der Waals surface area (Å²) in [7, 11) is 0. The van der Waals surface area contributed by atoms with Crippen LogP contribution in [-0.2, 0) is 0 Å². The fraction of sp³-hybridized carbons (Fsp3) is 0. The number of furan rings is 1. The molecule has 0 saturated carbocycles. The zero-order valence-corrected chi connectivity index (χ0v) is 14.3. The summed E-state index contributed by atoms with van der Waals surface area (Å²) >= 11 is 2.71. The van der Waals surface area contributed by atoms with E-state index >= 15 is 0 Å². The van der Waals surface area contributed by atoms with Crippen molar-refractivity contribution in [3.63, 3.8) is 0 Å². The molecule has 0 radical (unpaired) electrons. The number of nitrogens with zero attached hydrogens (tertiary/aromatic N) is 1. The maximum Gasteiger partial charge on any atom is 0.293 e. The number of thiazole rings is 1. The van der Waals surface area contributed by atoms with Crippen molar-refractivity contribution in [3.05, 3.63) is 64.7 Å². The number of hydrogen-bond donors (Lipinski definition) is 2. The highest BCUT2D eigenvalue weighted by molar-refractivity contribution is 7.22. The van der Waals surface area contributed by atoms with E-state index in [4.69, 9.17) is 4.42 Å². The average Bonchev–Trinajstić information content (AvgIpc) is 3.35. The summed E-state index contributed by atoms with van der Waals surface area (Å²) in [5.41, 5.74) is 1.42. The van der Waals surface area contributed by atoms with Crippen molar-refractivity contribution >= 4 is 55.5 Å². The van der Waals surface area contributed by atoms with Gasteiger partial charge in [-0.05, 0) is 41.8 Å². The van der Waals surface area contributed by atoms with Crippen LogP contribution in [0.3, 0.4) is 0 Å². The predicted molar refractivity (Wildman–Crippen MR) is 98.6 cm³/mol. The molecule has 0 aliphatic carbocycles. The summed E-state index contributed by atoms with van der Waals surface area (Å²) in [6.45, 7) is 0. The van der Waals surface area contributed by atoms with E-state index in [1.807, 2.05) is 17.5 Å². The van der Waals surface area contributed by atoms with Crippen molar-refractivity contribution < 1.29 is 14.0 Å². The zero-order valence-electron chi connectivity index (χ0n) is 12.7. The number of benzene rings is 1. The molecule has 0 aliphatic rings. The third-order valence-corrected chi connectivity index (χ3v) is 5.16. The predicted octanol–water partition coefficient (Wildman–Crippen LogP) is 4.46. The number of carbonyl (C=O) groups excluding carboxylic acids is 2. The molecule has 3 aromatic heterocycles. The standard InChI is InChI=1S/C17H11N3O3S2/c21-15(12-3-1-7-23-12)20-17-19-11-6-5-10(9-14(11)25-17)18-16(22)13-4-2-8-24-13/h1-9H,(H,18,22)(H,19,20,21). The van der Waals surface area contributed by atoms with Gasteiger partial charge in [0.2, 0.25) is 0 Å². The fourth-order valence-corrected chi connectivity index (χ4v) is 3.74. The van der Waals surface area contributed by atoms with E-state index < -0.39 is 0 Å². The molecule has 1 aromatic carbocycles. The Kier molecular flexibility index (Phi) is 4.04. The Morgan fingerprint density at radius 2 is 1.96 bits per heavy atom. The first-order valence-electron chi connectivity index (χ1n) is 7.29. The summed E-state index contributed by atoms with van der Waals surface area (Å²) in [6.07, 6.45) is 1.44. The Morgan fingerprint density at radius 3 is 2.72 bits per heavy atom. The van der Waals surface area contributed by atoms with Crippen LogP contribution in [-0.4, -0.2) is 16.8 Å². The van der Waals surface area contributed by atoms with Gasteiger partial charge in [-0.25, -0.2) is 4.98 Å². The third kappa shape index (κ3) is 3.30. The van der Waals surface area contributed by atoms with E-state index in [9.17, 15) is 9.59 Å². The van der Waals surface area contributed by atoms with Gasteiger partial charge in [-0.15, -0.1) is 11.3 Å². The van der Waals surface area contributed by atoms with E-state index in [-0.39, 0.29) is 17.6 Å². The van der Waals surface area contributed by atoms with Crippen molar-refractivity contribution in [2.75, 3.05) is 10.6 Å². The molecule has 2 amide bonds. The number of thiophene rings is 1. The second-order valence-corrected chi connectivity index (χ2v) is 7.04. The van der Waals surface area contributed by atoms with E-state index in [1.165, 1.54) is 28.9 Å². The molecule has 2 N–H and O–H groups in total. The molecule has 3 heterocycles. The molecule has 4 rings (SSSR count). The van der Waals surface area contributed by atoms with Gasteiger partial charge >= 0.3 is 0 Å². The maximum absolute atomic E-state index is 12.1. The summed E-state index contributed by atoms with van der Waals surface area (Å²) in [6, 6.07) is 12.3. The van der Waals surface area contributed by atoms with Crippen LogP contribution in [0.2, 0.25) is 0 Å². The third-order valence-electron chi connectivity index (χ3n) is 3.36. The molecule has 4 aromatic rings. The molecule has 0 bridgehead atoms. The number of aromatic nitrogens is 1. The number of anilines is 2. The van der Waals surface area contributed by atoms with Crippen molar-refractivity contribution in [1.82, 2.24) is 4.98 Å². The molecular weight excluding hydrogens is 358 g/mol. The van der Waals surface area contributed by atoms with Gasteiger partial charge in [0.15, 0.2) is 10.9 Å². The Morgan fingerprint density at radius 1 is 1.04 bits per heavy atom. The lowest BCUT2D eigenvalue weighted by molar-refractivity contribution is 0.0995. The fourth-order valence-electron chi connectivity index (χ4n) is 2.22. The first-order chi connectivity index (χ1) is 12.2. The topological polar surface area (TPSA) is 84.2 Å². The second kappa shape index (κ2) is 6.50. The Bertz CT molecular complexity index is 990. The van der Waals surface area contributed by atoms with E-state index in [0.717, 1.165) is 10.2 Å². The molecule has 0 saturated heterocycles. The lowest BCUT2D eigenvalue weighted by Crippen LogP contribution is -2.10. The number of amides is 2. The number of hydrogen-bond acceptors (Lipinski definition) is 6. The van der Waals surface area contributed by atoms with Crippen molar-refractivity contribution in [2.24, 2.45) is 0 Å². The average molecular weight is 369 g/mol. The van der Waals surface area contributed by atoms with Crippen LogP contribution >= 0.6 is 22.7 Å². The van der Waals surface area contributed by atoms with E-state index in [1.54, 1.807) is 30.3 Å². The molecular formula is C17H11N3O3S2. The molecule has 8 heteroatoms. The van der Waals surface area contributed by atoms with Crippen LogP contribution in [0.25, 0.3) is 10.2 Å². The van der Waals surface area contributed by atoms with Crippen LogP contribution in [0.4, 0.5) is 10.8 Å². The molecule has 124 valence electrons. The maximum atomic E-state index is 12.1. The molecule has 25 heavy (non-hydrogen) atoms. The quantitative estimate of drug-likeness (QED) is 0.556. The van der Waals surface area contributed by atoms with Gasteiger partial charge in [-0.3, -0.25) is 14.9 Å². The first-order valence-corrected chi connectivity index (χ1v) is 8.99. The summed E-state index contributed by atoms with van der Waals surface area (Å²) in [4.78, 5) is 29.1. The minimum atomic E-state index is -0.352. The van der Waals surface area contributed by atoms with Gasteiger partial charge < -0.3 is 9.73 Å². The summed E-state index contributed by atoms with van der Waals surface area (Å²) < 4.78 is 5.92. The first kappa shape index (κ1) is 15.6. The summed E-state index contributed by atoms with van der Waals surface area (Å²) in [5, 5.41) is 7.89. The highest BCUT2D eigenvalue weighted by Crippen LogP contribution is 2.29. The van der Waals surface area contributed by atoms with Crippen LogP contribution < -0.4 is 10.6 Å². The SMILES string of the molecule is O=C(Nc1nc2ccc(NC(=O)c3cccs3)cc2s1)c1ccco1. The second-order valence-electron chi connectivity index (χ2n) is 5.06. The number of nitrogens with one attached hydrogen (secondary N) is 2. The number of carbonyl (C=O) groups is 2. The molecule has 0 unspecified atom stereocenters. The minimum absolute atomic E-state index is 0.148. The van der Waals surface area contributed by atoms with Gasteiger partial charge in [0, 0.05) is 5.69 Å². The monoisotopic (exact) mass is 369 g/mol. The number of rotatable bonds is 4. The van der Waals surface area contributed by atoms with E-state index in [2.05, 4.69) is 15.6 Å². The van der Waals surface area contributed by atoms with Gasteiger partial charge in [-0.2, -0.15) is 0 Å². The Labute approximate surface area is 150 Å². The molecule has 6 nitrogen and oxygen atoms in total. The minimum Gasteiger partial charge on any atom is -0.459 e. The van der Waals surface area contributed by atoms with Gasteiger partial charge in [0.05, 0.1) is 21.4 Å². The van der Waals surface area contributed by atoms with Crippen LogP contribution in [0, 0.1) is 0 Å². The van der Waals surface area contributed by atoms with Gasteiger partial charge in [0.1, 0.15) is 0 Å². The van der Waals surface area contributed by atoms with Gasteiger partial charge in [-0.1, -0.05) is 17.4 Å². The largest absolute Gasteiger partial charge is 0.459 e. The van der Waals surface area contributed by atoms with Crippen LogP contribution in [0.15, 0.2) is 58.5 Å². The smallest absolute Gasteiger partial charge is 0.293 e.